The van der Waals surface area contributed by atoms with Crippen LogP contribution in [-0.2, 0) is 54.6 Å². The summed E-state index contributed by atoms with van der Waals surface area (Å²) in [4.78, 5) is 105. The third kappa shape index (κ3) is 51.9. The Morgan fingerprint density at radius 1 is 0.264 bits per heavy atom. The van der Waals surface area contributed by atoms with Gasteiger partial charge in [0.25, 0.3) is 22.3 Å². The van der Waals surface area contributed by atoms with Crippen LogP contribution in [-0.4, -0.2) is 246 Å². The molecule has 0 radical (unpaired) electrons. The van der Waals surface area contributed by atoms with E-state index in [1.54, 1.807) is 0 Å². The second-order valence-electron chi connectivity index (χ2n) is 15.0. The summed E-state index contributed by atoms with van der Waals surface area (Å²) >= 11 is 0. The first-order chi connectivity index (χ1) is 30.9. The first-order valence-electron chi connectivity index (χ1n) is 21.7. The quantitative estimate of drug-likeness (QED) is 0.0240. The molecule has 0 saturated carbocycles. The van der Waals surface area contributed by atoms with E-state index in [0.29, 0.717) is 25.7 Å². The second-order valence-corrected chi connectivity index (χ2v) is 30.8. The molecule has 16 N–H and O–H groups in total. The van der Waals surface area contributed by atoms with Crippen LogP contribution >= 0.6 is 60.8 Å². The zero-order chi connectivity index (χ0) is 54.1. The van der Waals surface area contributed by atoms with Crippen LogP contribution in [0.1, 0.15) is 156 Å². The molecular formula is C32H84Na4O28P8. The summed E-state index contributed by atoms with van der Waals surface area (Å²) in [6.07, 6.45) is 17.6. The van der Waals surface area contributed by atoms with Crippen LogP contribution in [0.25, 0.3) is 0 Å². The Balaban J connectivity index is -0.000000124. The van der Waals surface area contributed by atoms with Crippen molar-refractivity contribution in [2.75, 3.05) is 26.4 Å². The third-order valence-electron chi connectivity index (χ3n) is 8.47. The average molecular weight is 1260 g/mol. The summed E-state index contributed by atoms with van der Waals surface area (Å²) in [7, 11) is -38.8. The zero-order valence-electron chi connectivity index (χ0n) is 38.9. The van der Waals surface area contributed by atoms with E-state index in [2.05, 4.69) is 45.8 Å². The standard InChI is InChI=1S/4C8H20O7P2.4Na.4H/c4*1-2-3-4-5-6-7-15-17(13,14)8(9)16(10,11)12;;;;;;;;/h4*8-9H,2-7H2,1H3,(H,13,14)(H2,10,11,12);;;;;;;;. The van der Waals surface area contributed by atoms with Gasteiger partial charge >= 0.3 is 179 Å². The van der Waals surface area contributed by atoms with Gasteiger partial charge in [-0.3, -0.25) is 36.5 Å². The zero-order valence-corrected chi connectivity index (χ0v) is 46.1. The van der Waals surface area contributed by atoms with Crippen LogP contribution in [0.5, 0.6) is 0 Å². The van der Waals surface area contributed by atoms with Crippen molar-refractivity contribution >= 4 is 179 Å². The summed E-state index contributed by atoms with van der Waals surface area (Å²) in [5, 5.41) is 35.8. The van der Waals surface area contributed by atoms with Crippen LogP contribution in [0.4, 0.5) is 0 Å². The fraction of sp³-hybridized carbons (Fsp3) is 1.00. The van der Waals surface area contributed by atoms with Crippen molar-refractivity contribution < 1.29 is 134 Å². The number of unbranched alkanes of at least 4 members (excludes halogenated alkanes) is 16. The van der Waals surface area contributed by atoms with Gasteiger partial charge in [0, 0.05) is 0 Å². The molecule has 0 aromatic heterocycles. The molecule has 8 atom stereocenters. The van der Waals surface area contributed by atoms with E-state index >= 15 is 0 Å². The molecule has 0 bridgehead atoms. The van der Waals surface area contributed by atoms with Gasteiger partial charge in [-0.15, -0.1) is 0 Å². The molecule has 0 aliphatic rings. The molecule has 0 heterocycles. The monoisotopic (exact) mass is 1260 g/mol. The van der Waals surface area contributed by atoms with Crippen LogP contribution in [0.3, 0.4) is 0 Å². The van der Waals surface area contributed by atoms with Gasteiger partial charge in [-0.25, -0.2) is 0 Å². The van der Waals surface area contributed by atoms with Crippen molar-refractivity contribution in [2.24, 2.45) is 0 Å². The Morgan fingerprint density at radius 3 is 0.500 bits per heavy atom. The minimum atomic E-state index is -5.03. The molecule has 0 aliphatic heterocycles. The van der Waals surface area contributed by atoms with Gasteiger partial charge in [0.15, 0.2) is 0 Å². The second kappa shape index (κ2) is 49.5. The molecule has 0 aromatic carbocycles. The summed E-state index contributed by atoms with van der Waals surface area (Å²) < 4.78 is 105. The van der Waals surface area contributed by atoms with Crippen molar-refractivity contribution in [2.45, 2.75) is 178 Å². The van der Waals surface area contributed by atoms with E-state index < -0.39 is 83.1 Å². The average Bonchev–Trinajstić information content (AvgIpc) is 3.21. The minimum absolute atomic E-state index is 0. The SMILES string of the molecule is CCCCCCCOP(=O)(O)C(O)P(=O)(O)O.CCCCCCCOP(=O)(O)C(O)P(=O)(O)O.CCCCCCCOP(=O)(O)C(O)P(=O)(O)O.CCCCCCCOP(=O)(O)C(O)P(=O)(O)O.[NaH].[NaH].[NaH].[NaH]. The van der Waals surface area contributed by atoms with Crippen molar-refractivity contribution in [3.05, 3.63) is 0 Å². The maximum atomic E-state index is 11.2. The number of rotatable bonds is 36. The molecule has 8 unspecified atom stereocenters. The third-order valence-corrected chi connectivity index (χ3v) is 22.5. The number of hydrogen-bond acceptors (Lipinski definition) is 16. The van der Waals surface area contributed by atoms with Crippen LogP contribution in [0, 0.1) is 0 Å². The van der Waals surface area contributed by atoms with E-state index in [9.17, 15) is 36.5 Å². The number of hydrogen-bond donors (Lipinski definition) is 16. The van der Waals surface area contributed by atoms with E-state index in [4.69, 9.17) is 79.1 Å². The van der Waals surface area contributed by atoms with Gasteiger partial charge in [-0.1, -0.05) is 130 Å². The predicted molar refractivity (Wildman–Crippen MR) is 279 cm³/mol. The van der Waals surface area contributed by atoms with E-state index in [0.717, 1.165) is 103 Å². The Labute approximate surface area is 512 Å². The molecule has 40 heteroatoms. The fourth-order valence-electron chi connectivity index (χ4n) is 4.63. The molecule has 28 nitrogen and oxygen atoms in total. The molecule has 0 aromatic rings. The van der Waals surface area contributed by atoms with Crippen molar-refractivity contribution in [1.82, 2.24) is 0 Å². The molecule has 0 aliphatic carbocycles. The van der Waals surface area contributed by atoms with Crippen LogP contribution in [0.15, 0.2) is 0 Å². The first-order valence-corrected chi connectivity index (χ1v) is 35.0. The molecule has 0 amide bonds. The van der Waals surface area contributed by atoms with Crippen molar-refractivity contribution in [1.29, 1.82) is 0 Å². The van der Waals surface area contributed by atoms with Crippen LogP contribution in [0.2, 0.25) is 0 Å². The fourth-order valence-corrected chi connectivity index (χ4v) is 13.6. The van der Waals surface area contributed by atoms with Gasteiger partial charge in [0.05, 0.1) is 26.4 Å². The van der Waals surface area contributed by atoms with Crippen LogP contribution < -0.4 is 0 Å². The Bertz CT molecular complexity index is 1460. The summed E-state index contributed by atoms with van der Waals surface area (Å²) in [5.74, 6) is 0. The van der Waals surface area contributed by atoms with E-state index in [1.807, 2.05) is 0 Å². The molecular weight excluding hydrogens is 1170 g/mol. The van der Waals surface area contributed by atoms with Gasteiger partial charge < -0.3 is 97.2 Å². The van der Waals surface area contributed by atoms with E-state index in [1.165, 1.54) is 0 Å². The summed E-state index contributed by atoms with van der Waals surface area (Å²) in [6.45, 7) is 7.79. The van der Waals surface area contributed by atoms with Crippen molar-refractivity contribution in [3.63, 3.8) is 0 Å². The molecule has 0 saturated heterocycles. The Morgan fingerprint density at radius 2 is 0.389 bits per heavy atom. The Hall–Kier alpha value is 5.04. The number of aliphatic hydroxyl groups excluding tert-OH is 4. The first kappa shape index (κ1) is 93.5. The predicted octanol–water partition coefficient (Wildman–Crippen LogP) is 3.86. The molecule has 0 spiro atoms. The van der Waals surface area contributed by atoms with E-state index in [-0.39, 0.29) is 145 Å². The topological polar surface area (TPSA) is 497 Å². The Kier molecular flexibility index (Phi) is 64.2. The molecule has 0 rings (SSSR count). The summed E-state index contributed by atoms with van der Waals surface area (Å²) in [6, 6.07) is 0. The van der Waals surface area contributed by atoms with Gasteiger partial charge in [-0.2, -0.15) is 0 Å². The molecule has 424 valence electrons. The van der Waals surface area contributed by atoms with Gasteiger partial charge in [-0.05, 0) is 25.7 Å². The van der Waals surface area contributed by atoms with Gasteiger partial charge in [0.2, 0.25) is 0 Å². The molecule has 0 fully saturated rings. The number of aliphatic hydroxyl groups is 4. The van der Waals surface area contributed by atoms with Gasteiger partial charge in [0.1, 0.15) is 0 Å². The summed E-state index contributed by atoms with van der Waals surface area (Å²) in [5.41, 5.74) is -10.6. The normalized spacial score (nSPS) is 16.7. The van der Waals surface area contributed by atoms with Crippen molar-refractivity contribution in [3.8, 4) is 0 Å². The maximum absolute atomic E-state index is 11.2. The molecule has 72 heavy (non-hydrogen) atoms.